The molecule has 0 N–H and O–H groups in total. The van der Waals surface area contributed by atoms with Gasteiger partial charge in [-0.25, -0.2) is 4.98 Å². The maximum Gasteiger partial charge on any atom is 0.153 e. The number of benzene rings is 5. The van der Waals surface area contributed by atoms with E-state index in [-0.39, 0.29) is 0 Å². The molecule has 0 spiro atoms. The summed E-state index contributed by atoms with van der Waals surface area (Å²) in [7, 11) is 0. The number of nitrogens with zero attached hydrogens (tertiary/aromatic N) is 2. The summed E-state index contributed by atoms with van der Waals surface area (Å²) >= 11 is 0. The molecule has 0 saturated heterocycles. The molecule has 0 radical (unpaired) electrons. The number of imidazole rings is 1. The predicted molar refractivity (Wildman–Crippen MR) is 133 cm³/mol. The Bertz CT molecular complexity index is 1780. The molecular formula is C30H18N2O. The minimum atomic E-state index is 0.855. The molecule has 5 aromatic carbocycles. The van der Waals surface area contributed by atoms with Crippen LogP contribution in [0.3, 0.4) is 0 Å². The van der Waals surface area contributed by atoms with Crippen molar-refractivity contribution in [2.24, 2.45) is 0 Å². The van der Waals surface area contributed by atoms with Crippen LogP contribution in [0.2, 0.25) is 0 Å². The molecule has 33 heavy (non-hydrogen) atoms. The molecule has 0 unspecified atom stereocenters. The maximum atomic E-state index is 6.39. The third-order valence-corrected chi connectivity index (χ3v) is 7.09. The lowest BCUT2D eigenvalue weighted by atomic mass is 9.94. The zero-order valence-corrected chi connectivity index (χ0v) is 18.0. The van der Waals surface area contributed by atoms with Crippen LogP contribution in [0.25, 0.3) is 60.9 Å². The molecule has 1 aliphatic carbocycles. The van der Waals surface area contributed by atoms with Gasteiger partial charge in [0.25, 0.3) is 0 Å². The van der Waals surface area contributed by atoms with Gasteiger partial charge in [0.05, 0.1) is 11.2 Å². The number of ether oxygens (including phenoxy) is 1. The monoisotopic (exact) mass is 422 g/mol. The average molecular weight is 422 g/mol. The summed E-state index contributed by atoms with van der Waals surface area (Å²) in [4.78, 5) is 4.73. The van der Waals surface area contributed by atoms with Gasteiger partial charge in [-0.3, -0.25) is 4.57 Å². The van der Waals surface area contributed by atoms with E-state index in [2.05, 4.69) is 77.4 Å². The van der Waals surface area contributed by atoms with E-state index < -0.39 is 0 Å². The smallest absolute Gasteiger partial charge is 0.153 e. The Hall–Kier alpha value is -4.37. The van der Waals surface area contributed by atoms with E-state index in [1.807, 2.05) is 25.1 Å². The van der Waals surface area contributed by atoms with Crippen molar-refractivity contribution in [3.63, 3.8) is 0 Å². The van der Waals surface area contributed by atoms with Crippen LogP contribution in [-0.2, 0) is 0 Å². The lowest BCUT2D eigenvalue weighted by Crippen LogP contribution is -2.05. The van der Waals surface area contributed by atoms with Crippen LogP contribution in [0.1, 0.15) is 5.82 Å². The number of aryl methyl sites for hydroxylation is 1. The number of aromatic nitrogens is 2. The van der Waals surface area contributed by atoms with E-state index in [4.69, 9.17) is 9.72 Å². The van der Waals surface area contributed by atoms with Gasteiger partial charge in [-0.1, -0.05) is 66.7 Å². The van der Waals surface area contributed by atoms with E-state index in [9.17, 15) is 0 Å². The first-order valence-electron chi connectivity index (χ1n) is 11.2. The first kappa shape index (κ1) is 17.2. The van der Waals surface area contributed by atoms with Crippen molar-refractivity contribution in [2.75, 3.05) is 0 Å². The van der Waals surface area contributed by atoms with Crippen LogP contribution in [0.4, 0.5) is 0 Å². The van der Waals surface area contributed by atoms with Gasteiger partial charge in [0.2, 0.25) is 0 Å². The van der Waals surface area contributed by atoms with Crippen LogP contribution >= 0.6 is 0 Å². The van der Waals surface area contributed by atoms with Crippen molar-refractivity contribution in [2.45, 2.75) is 6.92 Å². The Balaban J connectivity index is 1.36. The summed E-state index contributed by atoms with van der Waals surface area (Å²) in [6, 6.07) is 32.5. The molecule has 0 amide bonds. The molecule has 3 heteroatoms. The Morgan fingerprint density at radius 3 is 2.30 bits per heavy atom. The van der Waals surface area contributed by atoms with Crippen molar-refractivity contribution in [3.05, 3.63) is 96.8 Å². The molecule has 1 aromatic heterocycles. The molecule has 8 rings (SSSR count). The molecule has 0 atom stereocenters. The van der Waals surface area contributed by atoms with E-state index in [0.29, 0.717) is 0 Å². The van der Waals surface area contributed by atoms with Gasteiger partial charge in [0.15, 0.2) is 11.5 Å². The largest absolute Gasteiger partial charge is 0.453 e. The number of fused-ring (bicyclic) bond motifs is 5. The lowest BCUT2D eigenvalue weighted by molar-refractivity contribution is 0.475. The Morgan fingerprint density at radius 1 is 0.667 bits per heavy atom. The average Bonchev–Trinajstić information content (AvgIpc) is 3.37. The van der Waals surface area contributed by atoms with Crippen LogP contribution in [0.15, 0.2) is 91.0 Å². The van der Waals surface area contributed by atoms with Gasteiger partial charge >= 0.3 is 0 Å². The highest BCUT2D eigenvalue weighted by Gasteiger charge is 2.25. The molecule has 2 heterocycles. The number of para-hydroxylation sites is 1. The van der Waals surface area contributed by atoms with Crippen molar-refractivity contribution in [1.29, 1.82) is 0 Å². The highest BCUT2D eigenvalue weighted by molar-refractivity contribution is 6.18. The first-order chi connectivity index (χ1) is 16.3. The number of hydrogen-bond donors (Lipinski definition) is 0. The van der Waals surface area contributed by atoms with Crippen LogP contribution in [-0.4, -0.2) is 9.55 Å². The highest BCUT2D eigenvalue weighted by atomic mass is 16.5. The van der Waals surface area contributed by atoms with Crippen molar-refractivity contribution in [3.8, 4) is 50.6 Å². The zero-order chi connectivity index (χ0) is 21.7. The second-order valence-corrected chi connectivity index (χ2v) is 8.84. The third kappa shape index (κ3) is 2.12. The van der Waals surface area contributed by atoms with Gasteiger partial charge in [-0.2, -0.15) is 0 Å². The fraction of sp³-hybridized carbons (Fsp3) is 0.0333. The quantitative estimate of drug-likeness (QED) is 0.269. The molecular weight excluding hydrogens is 404 g/mol. The normalized spacial score (nSPS) is 12.6. The second kappa shape index (κ2) is 5.90. The summed E-state index contributed by atoms with van der Waals surface area (Å²) in [6.07, 6.45) is 0. The Labute approximate surface area is 190 Å². The first-order valence-corrected chi connectivity index (χ1v) is 11.2. The molecule has 2 aliphatic rings. The minimum absolute atomic E-state index is 0.855. The van der Waals surface area contributed by atoms with Gasteiger partial charge in [0, 0.05) is 0 Å². The Kier molecular flexibility index (Phi) is 3.08. The van der Waals surface area contributed by atoms with Crippen LogP contribution in [0, 0.1) is 6.92 Å². The predicted octanol–water partition coefficient (Wildman–Crippen LogP) is 7.91. The second-order valence-electron chi connectivity index (χ2n) is 8.84. The third-order valence-electron chi connectivity index (χ3n) is 7.09. The summed E-state index contributed by atoms with van der Waals surface area (Å²) < 4.78 is 8.59. The van der Waals surface area contributed by atoms with E-state index >= 15 is 0 Å². The molecule has 154 valence electrons. The van der Waals surface area contributed by atoms with Crippen LogP contribution < -0.4 is 4.74 Å². The van der Waals surface area contributed by atoms with Crippen LogP contribution in [0.5, 0.6) is 11.5 Å². The van der Waals surface area contributed by atoms with Gasteiger partial charge in [-0.15, -0.1) is 0 Å². The summed E-state index contributed by atoms with van der Waals surface area (Å²) in [5.74, 6) is 2.69. The van der Waals surface area contributed by atoms with E-state index in [1.165, 1.54) is 38.6 Å². The molecule has 0 bridgehead atoms. The van der Waals surface area contributed by atoms with Gasteiger partial charge < -0.3 is 4.74 Å². The van der Waals surface area contributed by atoms with Crippen molar-refractivity contribution < 1.29 is 4.74 Å². The Morgan fingerprint density at radius 2 is 1.42 bits per heavy atom. The molecule has 0 fully saturated rings. The number of rotatable bonds is 1. The van der Waals surface area contributed by atoms with Crippen molar-refractivity contribution in [1.82, 2.24) is 9.55 Å². The summed E-state index contributed by atoms with van der Waals surface area (Å²) in [5, 5.41) is 2.62. The summed E-state index contributed by atoms with van der Waals surface area (Å²) in [6.45, 7) is 2.05. The summed E-state index contributed by atoms with van der Waals surface area (Å²) in [5.41, 5.74) is 10.7. The maximum absolute atomic E-state index is 6.39. The van der Waals surface area contributed by atoms with Gasteiger partial charge in [-0.05, 0) is 75.3 Å². The molecule has 6 aromatic rings. The number of hydrogen-bond acceptors (Lipinski definition) is 2. The van der Waals surface area contributed by atoms with E-state index in [0.717, 1.165) is 39.6 Å². The lowest BCUT2D eigenvalue weighted by Gasteiger charge is -2.21. The zero-order valence-electron chi connectivity index (χ0n) is 18.0. The highest BCUT2D eigenvalue weighted by Crippen LogP contribution is 2.50. The molecule has 0 saturated carbocycles. The van der Waals surface area contributed by atoms with Gasteiger partial charge in [0.1, 0.15) is 11.3 Å². The standard InChI is InChI=1S/C30H18N2O/c1-17-31-25-10-5-11-27-30(25)32(17)26-15-12-18(16-28(26)33-27)19-13-14-24-21-7-3-2-6-20(21)23-9-4-8-22(19)29(23)24/h2-16H,1H3. The van der Waals surface area contributed by atoms with E-state index in [1.54, 1.807) is 0 Å². The topological polar surface area (TPSA) is 27.1 Å². The minimum Gasteiger partial charge on any atom is -0.453 e. The fourth-order valence-electron chi connectivity index (χ4n) is 5.72. The molecule has 3 nitrogen and oxygen atoms in total. The SMILES string of the molecule is Cc1nc2cccc3c2n1-c1ccc(-c2ccc4c5c(cccc25)-c2ccccc2-4)cc1O3. The molecule has 1 aliphatic heterocycles. The van der Waals surface area contributed by atoms with Crippen molar-refractivity contribution >= 4 is 21.8 Å². The fourth-order valence-corrected chi connectivity index (χ4v) is 5.72.